The van der Waals surface area contributed by atoms with Gasteiger partial charge in [-0.2, -0.15) is 0 Å². The SMILES string of the molecule is C=C(C)C(=O)OC1=C2C3CC2CC(O)(C1)C3. The number of hydrogen-bond donors (Lipinski definition) is 1. The van der Waals surface area contributed by atoms with Crippen LogP contribution in [0, 0.1) is 11.8 Å². The summed E-state index contributed by atoms with van der Waals surface area (Å²) in [5.41, 5.74) is 1.10. The van der Waals surface area contributed by atoms with E-state index in [9.17, 15) is 9.90 Å². The van der Waals surface area contributed by atoms with Gasteiger partial charge in [0.2, 0.25) is 0 Å². The monoisotopic (exact) mass is 220 g/mol. The third-order valence-corrected chi connectivity index (χ3v) is 4.08. The van der Waals surface area contributed by atoms with Crippen molar-refractivity contribution in [1.29, 1.82) is 0 Å². The maximum Gasteiger partial charge on any atom is 0.338 e. The lowest BCUT2D eigenvalue weighted by molar-refractivity contribution is -0.140. The Labute approximate surface area is 94.8 Å². The van der Waals surface area contributed by atoms with Gasteiger partial charge in [-0.1, -0.05) is 6.58 Å². The molecule has 0 heterocycles. The highest BCUT2D eigenvalue weighted by molar-refractivity contribution is 5.87. The molecule has 2 atom stereocenters. The van der Waals surface area contributed by atoms with Crippen molar-refractivity contribution in [2.24, 2.45) is 11.8 Å². The Morgan fingerprint density at radius 1 is 1.50 bits per heavy atom. The second kappa shape index (κ2) is 2.98. The van der Waals surface area contributed by atoms with Gasteiger partial charge in [0.1, 0.15) is 5.76 Å². The van der Waals surface area contributed by atoms with Crippen molar-refractivity contribution in [2.45, 2.75) is 38.2 Å². The van der Waals surface area contributed by atoms with Crippen molar-refractivity contribution in [1.82, 2.24) is 0 Å². The zero-order chi connectivity index (χ0) is 11.5. The van der Waals surface area contributed by atoms with E-state index in [2.05, 4.69) is 6.58 Å². The van der Waals surface area contributed by atoms with Crippen LogP contribution in [0.5, 0.6) is 0 Å². The summed E-state index contributed by atoms with van der Waals surface area (Å²) in [5, 5.41) is 10.3. The summed E-state index contributed by atoms with van der Waals surface area (Å²) in [6.45, 7) is 5.21. The van der Waals surface area contributed by atoms with Gasteiger partial charge in [-0.25, -0.2) is 4.79 Å². The molecule has 5 aliphatic rings. The van der Waals surface area contributed by atoms with Gasteiger partial charge in [0.15, 0.2) is 0 Å². The first-order valence-corrected chi connectivity index (χ1v) is 5.81. The van der Waals surface area contributed by atoms with Gasteiger partial charge < -0.3 is 9.84 Å². The molecule has 1 N–H and O–H groups in total. The molecule has 16 heavy (non-hydrogen) atoms. The normalized spacial score (nSPS) is 39.4. The number of ether oxygens (including phenoxy) is 1. The van der Waals surface area contributed by atoms with Crippen LogP contribution in [-0.4, -0.2) is 16.7 Å². The molecule has 0 aromatic carbocycles. The Balaban J connectivity index is 1.87. The number of aliphatic hydroxyl groups is 1. The van der Waals surface area contributed by atoms with Crippen molar-refractivity contribution in [3.05, 3.63) is 23.5 Å². The number of esters is 1. The van der Waals surface area contributed by atoms with Gasteiger partial charge in [-0.3, -0.25) is 0 Å². The van der Waals surface area contributed by atoms with Crippen molar-refractivity contribution < 1.29 is 14.6 Å². The van der Waals surface area contributed by atoms with Gasteiger partial charge in [0.25, 0.3) is 0 Å². The quantitative estimate of drug-likeness (QED) is 0.571. The average molecular weight is 220 g/mol. The van der Waals surface area contributed by atoms with E-state index in [4.69, 9.17) is 4.74 Å². The third kappa shape index (κ3) is 1.27. The van der Waals surface area contributed by atoms with Crippen LogP contribution < -0.4 is 0 Å². The first kappa shape index (κ1) is 10.1. The lowest BCUT2D eigenvalue weighted by Gasteiger charge is -2.56. The highest BCUT2D eigenvalue weighted by atomic mass is 16.5. The minimum atomic E-state index is -0.611. The molecule has 0 saturated heterocycles. The van der Waals surface area contributed by atoms with Crippen LogP contribution >= 0.6 is 0 Å². The minimum Gasteiger partial charge on any atom is -0.428 e. The van der Waals surface area contributed by atoms with Crippen molar-refractivity contribution in [2.75, 3.05) is 0 Å². The van der Waals surface area contributed by atoms with Crippen LogP contribution in [0.4, 0.5) is 0 Å². The Hall–Kier alpha value is -1.09. The molecular weight excluding hydrogens is 204 g/mol. The summed E-state index contributed by atoms with van der Waals surface area (Å²) in [4.78, 5) is 11.5. The topological polar surface area (TPSA) is 46.5 Å². The van der Waals surface area contributed by atoms with Crippen LogP contribution in [0.25, 0.3) is 0 Å². The van der Waals surface area contributed by atoms with E-state index in [1.54, 1.807) is 6.92 Å². The lowest BCUT2D eigenvalue weighted by Crippen LogP contribution is -2.53. The molecule has 3 heteroatoms. The van der Waals surface area contributed by atoms with Crippen molar-refractivity contribution in [3.8, 4) is 0 Å². The summed E-state index contributed by atoms with van der Waals surface area (Å²) in [5.74, 6) is 1.29. The predicted molar refractivity (Wildman–Crippen MR) is 58.3 cm³/mol. The van der Waals surface area contributed by atoms with Crippen molar-refractivity contribution >= 4 is 5.97 Å². The van der Waals surface area contributed by atoms with E-state index in [0.29, 0.717) is 23.8 Å². The summed E-state index contributed by atoms with van der Waals surface area (Å²) in [6, 6.07) is 0. The Morgan fingerprint density at radius 3 is 2.62 bits per heavy atom. The molecule has 3 fully saturated rings. The van der Waals surface area contributed by atoms with Gasteiger partial charge >= 0.3 is 5.97 Å². The fraction of sp³-hybridized carbons (Fsp3) is 0.615. The summed E-state index contributed by atoms with van der Waals surface area (Å²) >= 11 is 0. The van der Waals surface area contributed by atoms with Gasteiger partial charge in [0.05, 0.1) is 5.60 Å². The predicted octanol–water partition coefficient (Wildman–Crippen LogP) is 1.92. The first-order chi connectivity index (χ1) is 7.48. The van der Waals surface area contributed by atoms with Gasteiger partial charge in [0, 0.05) is 12.0 Å². The first-order valence-electron chi connectivity index (χ1n) is 5.81. The molecule has 0 amide bonds. The zero-order valence-corrected chi connectivity index (χ0v) is 9.45. The number of rotatable bonds is 2. The highest BCUT2D eigenvalue weighted by Gasteiger charge is 2.56. The molecular formula is C13H16O3. The molecule has 2 unspecified atom stereocenters. The van der Waals surface area contributed by atoms with E-state index >= 15 is 0 Å². The Bertz CT molecular complexity index is 405. The summed E-state index contributed by atoms with van der Waals surface area (Å²) in [7, 11) is 0. The van der Waals surface area contributed by atoms with Crippen molar-refractivity contribution in [3.63, 3.8) is 0 Å². The van der Waals surface area contributed by atoms with Gasteiger partial charge in [-0.15, -0.1) is 0 Å². The largest absolute Gasteiger partial charge is 0.428 e. The number of hydrogen-bond acceptors (Lipinski definition) is 3. The van der Waals surface area contributed by atoms with E-state index in [1.165, 1.54) is 5.57 Å². The number of allylic oxidation sites excluding steroid dienone is 1. The molecule has 5 rings (SSSR count). The molecule has 0 spiro atoms. The van der Waals surface area contributed by atoms with Gasteiger partial charge in [-0.05, 0) is 43.6 Å². The van der Waals surface area contributed by atoms with Crippen LogP contribution in [-0.2, 0) is 9.53 Å². The molecule has 3 saturated carbocycles. The maximum absolute atomic E-state index is 11.5. The zero-order valence-electron chi connectivity index (χ0n) is 9.45. The number of fused-ring (bicyclic) bond motifs is 1. The molecule has 4 bridgehead atoms. The molecule has 0 aromatic heterocycles. The highest BCUT2D eigenvalue weighted by Crippen LogP contribution is 2.61. The van der Waals surface area contributed by atoms with Crippen LogP contribution in [0.3, 0.4) is 0 Å². The molecule has 5 aliphatic carbocycles. The van der Waals surface area contributed by atoms with Crippen LogP contribution in [0.2, 0.25) is 0 Å². The van der Waals surface area contributed by atoms with E-state index in [-0.39, 0.29) is 5.97 Å². The second-order valence-corrected chi connectivity index (χ2v) is 5.49. The third-order valence-electron chi connectivity index (χ3n) is 4.08. The molecule has 86 valence electrons. The number of carbonyl (C=O) groups is 1. The van der Waals surface area contributed by atoms with E-state index < -0.39 is 5.60 Å². The maximum atomic E-state index is 11.5. The molecule has 0 aliphatic heterocycles. The smallest absolute Gasteiger partial charge is 0.338 e. The fourth-order valence-electron chi connectivity index (χ4n) is 3.45. The summed E-state index contributed by atoms with van der Waals surface area (Å²) in [6.07, 6.45) is 3.38. The van der Waals surface area contributed by atoms with Crippen LogP contribution in [0.1, 0.15) is 32.6 Å². The second-order valence-electron chi connectivity index (χ2n) is 5.49. The fourth-order valence-corrected chi connectivity index (χ4v) is 3.45. The standard InChI is InChI=1S/C13H16O3/c1-7(2)12(14)16-10-6-13(15)4-8-3-9(5-13)11(8)10/h8-9,15H,1,3-6H2,2H3. The lowest BCUT2D eigenvalue weighted by atomic mass is 9.51. The Morgan fingerprint density at radius 2 is 2.12 bits per heavy atom. The summed E-state index contributed by atoms with van der Waals surface area (Å²) < 4.78 is 5.33. The Kier molecular flexibility index (Phi) is 1.88. The average Bonchev–Trinajstić information content (AvgIpc) is 2.14. The van der Waals surface area contributed by atoms with E-state index in [0.717, 1.165) is 25.0 Å². The number of carbonyl (C=O) groups excluding carboxylic acids is 1. The molecule has 0 radical (unpaired) electrons. The van der Waals surface area contributed by atoms with E-state index in [1.807, 2.05) is 0 Å². The minimum absolute atomic E-state index is 0.363. The molecule has 3 nitrogen and oxygen atoms in total. The van der Waals surface area contributed by atoms with Crippen LogP contribution in [0.15, 0.2) is 23.5 Å². The molecule has 0 aromatic rings.